The summed E-state index contributed by atoms with van der Waals surface area (Å²) in [6.07, 6.45) is 8.40. The number of rotatable bonds is 1. The zero-order valence-corrected chi connectivity index (χ0v) is 13.9. The topological polar surface area (TPSA) is 77.8 Å². The number of aliphatic carboxylic acids is 1. The first-order chi connectivity index (χ1) is 10.8. The molecule has 5 saturated carbocycles. The molecule has 0 aromatic rings. The maximum Gasteiger partial charge on any atom is 0.330 e. The molecule has 0 spiro atoms. The average Bonchev–Trinajstić information content (AvgIpc) is 3.22. The van der Waals surface area contributed by atoms with E-state index in [4.69, 9.17) is 5.11 Å². The second kappa shape index (κ2) is 4.82. The van der Waals surface area contributed by atoms with Gasteiger partial charge in [0.1, 0.15) is 0 Å². The van der Waals surface area contributed by atoms with Gasteiger partial charge in [0.15, 0.2) is 0 Å². The summed E-state index contributed by atoms with van der Waals surface area (Å²) in [5, 5.41) is 30.4. The third-order valence-corrected chi connectivity index (χ3v) is 7.91. The molecular weight excluding hydrogens is 292 g/mol. The van der Waals surface area contributed by atoms with Gasteiger partial charge >= 0.3 is 5.97 Å². The van der Waals surface area contributed by atoms with Crippen molar-refractivity contribution in [2.24, 2.45) is 35.5 Å². The Balaban J connectivity index is 0.000000197. The van der Waals surface area contributed by atoms with E-state index >= 15 is 0 Å². The van der Waals surface area contributed by atoms with Crippen LogP contribution in [0.15, 0.2) is 12.2 Å². The molecule has 5 aliphatic rings. The fourth-order valence-corrected chi connectivity index (χ4v) is 7.30. The van der Waals surface area contributed by atoms with Crippen LogP contribution in [0.25, 0.3) is 0 Å². The van der Waals surface area contributed by atoms with Gasteiger partial charge in [0, 0.05) is 5.57 Å². The van der Waals surface area contributed by atoms with Gasteiger partial charge in [-0.25, -0.2) is 4.79 Å². The standard InChI is InChI=1S/C15H22O2.C4H6O2/c16-14-7-11(10-2-1-3-12(10)14)13-8-4-5-9(6-8)15(13,14)17;1-3(2)4(5)6/h8-13,16-17H,1-7H2;1H2,2H3,(H,5,6). The van der Waals surface area contributed by atoms with Crippen LogP contribution < -0.4 is 0 Å². The van der Waals surface area contributed by atoms with Crippen molar-refractivity contribution in [1.82, 2.24) is 0 Å². The Morgan fingerprint density at radius 3 is 2.48 bits per heavy atom. The summed E-state index contributed by atoms with van der Waals surface area (Å²) in [6.45, 7) is 4.60. The first-order valence-corrected chi connectivity index (χ1v) is 9.14. The number of aliphatic hydroxyl groups is 2. The second-order valence-electron chi connectivity index (χ2n) is 8.70. The van der Waals surface area contributed by atoms with E-state index in [1.165, 1.54) is 45.4 Å². The molecule has 5 aliphatic carbocycles. The molecule has 4 heteroatoms. The van der Waals surface area contributed by atoms with Crippen LogP contribution in [0.2, 0.25) is 0 Å². The summed E-state index contributed by atoms with van der Waals surface area (Å²) >= 11 is 0. The molecule has 0 amide bonds. The Bertz CT molecular complexity index is 546. The Hall–Kier alpha value is -0.870. The Labute approximate surface area is 137 Å². The highest BCUT2D eigenvalue weighted by Crippen LogP contribution is 2.75. The summed E-state index contributed by atoms with van der Waals surface area (Å²) in [6, 6.07) is 0. The van der Waals surface area contributed by atoms with Crippen LogP contribution in [0.1, 0.15) is 51.9 Å². The van der Waals surface area contributed by atoms with Crippen LogP contribution in [-0.4, -0.2) is 32.5 Å². The van der Waals surface area contributed by atoms with E-state index in [0.717, 1.165) is 18.3 Å². The molecule has 0 aromatic heterocycles. The van der Waals surface area contributed by atoms with Gasteiger partial charge in [-0.1, -0.05) is 13.0 Å². The van der Waals surface area contributed by atoms with Crippen LogP contribution in [0, 0.1) is 35.5 Å². The molecule has 8 atom stereocenters. The van der Waals surface area contributed by atoms with Crippen molar-refractivity contribution in [3.05, 3.63) is 12.2 Å². The van der Waals surface area contributed by atoms with Crippen LogP contribution in [0.4, 0.5) is 0 Å². The largest absolute Gasteiger partial charge is 0.478 e. The number of hydrogen-bond donors (Lipinski definition) is 3. The average molecular weight is 320 g/mol. The lowest BCUT2D eigenvalue weighted by Crippen LogP contribution is -2.62. The molecule has 0 aromatic carbocycles. The van der Waals surface area contributed by atoms with Crippen LogP contribution in [0.5, 0.6) is 0 Å². The van der Waals surface area contributed by atoms with Crippen molar-refractivity contribution in [2.45, 2.75) is 63.1 Å². The van der Waals surface area contributed by atoms with Gasteiger partial charge in [-0.15, -0.1) is 0 Å². The van der Waals surface area contributed by atoms with E-state index in [1.54, 1.807) is 0 Å². The summed E-state index contributed by atoms with van der Waals surface area (Å²) in [5.41, 5.74) is -1.19. The molecule has 0 saturated heterocycles. The molecule has 4 nitrogen and oxygen atoms in total. The van der Waals surface area contributed by atoms with E-state index in [9.17, 15) is 15.0 Å². The van der Waals surface area contributed by atoms with E-state index in [-0.39, 0.29) is 5.57 Å². The minimum Gasteiger partial charge on any atom is -0.478 e. The lowest BCUT2D eigenvalue weighted by molar-refractivity contribution is -0.214. The smallest absolute Gasteiger partial charge is 0.330 e. The van der Waals surface area contributed by atoms with Gasteiger partial charge < -0.3 is 15.3 Å². The van der Waals surface area contributed by atoms with Gasteiger partial charge in [-0.2, -0.15) is 0 Å². The van der Waals surface area contributed by atoms with Crippen molar-refractivity contribution in [1.29, 1.82) is 0 Å². The molecule has 3 N–H and O–H groups in total. The number of carbonyl (C=O) groups is 1. The lowest BCUT2D eigenvalue weighted by atomic mass is 9.59. The van der Waals surface area contributed by atoms with E-state index in [1.807, 2.05) is 0 Å². The molecule has 0 radical (unpaired) electrons. The number of fused-ring (bicyclic) bond motifs is 12. The summed E-state index contributed by atoms with van der Waals surface area (Å²) < 4.78 is 0. The highest BCUT2D eigenvalue weighted by atomic mass is 16.4. The first-order valence-electron chi connectivity index (χ1n) is 9.14. The van der Waals surface area contributed by atoms with Crippen LogP contribution in [-0.2, 0) is 4.79 Å². The zero-order valence-electron chi connectivity index (χ0n) is 13.9. The van der Waals surface area contributed by atoms with Gasteiger partial charge in [0.05, 0.1) is 11.2 Å². The molecule has 5 rings (SSSR count). The lowest BCUT2D eigenvalue weighted by Gasteiger charge is -2.51. The second-order valence-corrected chi connectivity index (χ2v) is 8.70. The normalized spacial score (nSPS) is 54.4. The Kier molecular flexibility index (Phi) is 3.28. The molecule has 0 aliphatic heterocycles. The van der Waals surface area contributed by atoms with E-state index < -0.39 is 17.2 Å². The fourth-order valence-electron chi connectivity index (χ4n) is 7.30. The van der Waals surface area contributed by atoms with Crippen molar-refractivity contribution in [3.63, 3.8) is 0 Å². The third kappa shape index (κ3) is 1.77. The van der Waals surface area contributed by atoms with Crippen molar-refractivity contribution >= 4 is 5.97 Å². The predicted molar refractivity (Wildman–Crippen MR) is 85.6 cm³/mol. The maximum absolute atomic E-state index is 11.3. The number of hydrogen-bond acceptors (Lipinski definition) is 3. The quantitative estimate of drug-likeness (QED) is 0.512. The summed E-state index contributed by atoms with van der Waals surface area (Å²) in [5.74, 6) is 2.55. The third-order valence-electron chi connectivity index (χ3n) is 7.91. The van der Waals surface area contributed by atoms with Gasteiger partial charge in [-0.05, 0) is 81.0 Å². The monoisotopic (exact) mass is 320 g/mol. The molecule has 128 valence electrons. The summed E-state index contributed by atoms with van der Waals surface area (Å²) in [7, 11) is 0. The highest BCUT2D eigenvalue weighted by Gasteiger charge is 2.80. The van der Waals surface area contributed by atoms with E-state index in [2.05, 4.69) is 6.58 Å². The minimum absolute atomic E-state index is 0.176. The van der Waals surface area contributed by atoms with Gasteiger partial charge in [0.25, 0.3) is 0 Å². The molecule has 4 bridgehead atoms. The minimum atomic E-state index is -0.935. The molecule has 0 heterocycles. The van der Waals surface area contributed by atoms with Crippen molar-refractivity contribution < 1.29 is 20.1 Å². The van der Waals surface area contributed by atoms with Crippen molar-refractivity contribution in [2.75, 3.05) is 0 Å². The van der Waals surface area contributed by atoms with Gasteiger partial charge in [-0.3, -0.25) is 0 Å². The number of carboxylic acids is 1. The summed E-state index contributed by atoms with van der Waals surface area (Å²) in [4.78, 5) is 9.60. The van der Waals surface area contributed by atoms with Gasteiger partial charge in [0.2, 0.25) is 0 Å². The molecule has 8 unspecified atom stereocenters. The fraction of sp³-hybridized carbons (Fsp3) is 0.842. The molecule has 23 heavy (non-hydrogen) atoms. The van der Waals surface area contributed by atoms with Crippen LogP contribution in [0.3, 0.4) is 0 Å². The van der Waals surface area contributed by atoms with Crippen LogP contribution >= 0.6 is 0 Å². The SMILES string of the molecule is C=C(C)C(=O)O.OC12CC(C3CCCC31)C1C3CCC(C3)C12O. The maximum atomic E-state index is 11.3. The zero-order chi connectivity index (χ0) is 16.6. The Morgan fingerprint density at radius 2 is 1.83 bits per heavy atom. The predicted octanol–water partition coefficient (Wildman–Crippen LogP) is 2.59. The Morgan fingerprint density at radius 1 is 1.13 bits per heavy atom. The molecular formula is C19H28O4. The number of carboxylic acid groups (broad SMARTS) is 1. The molecule has 5 fully saturated rings. The highest BCUT2D eigenvalue weighted by molar-refractivity contribution is 5.84. The first kappa shape index (κ1) is 15.6. The van der Waals surface area contributed by atoms with Crippen molar-refractivity contribution in [3.8, 4) is 0 Å². The van der Waals surface area contributed by atoms with E-state index in [0.29, 0.717) is 23.7 Å².